The maximum absolute atomic E-state index is 12.4. The van der Waals surface area contributed by atoms with Crippen LogP contribution in [0.2, 0.25) is 0 Å². The molecule has 0 spiro atoms. The topological polar surface area (TPSA) is 54.9 Å². The first-order chi connectivity index (χ1) is 10.6. The van der Waals surface area contributed by atoms with Crippen LogP contribution in [0.3, 0.4) is 0 Å². The second-order valence-electron chi connectivity index (χ2n) is 4.60. The molecule has 0 aromatic heterocycles. The van der Waals surface area contributed by atoms with E-state index in [1.807, 2.05) is 13.8 Å². The third-order valence-corrected chi connectivity index (χ3v) is 2.78. The highest BCUT2D eigenvalue weighted by atomic mass is 127. The summed E-state index contributed by atoms with van der Waals surface area (Å²) in [5.41, 5.74) is 1.58. The van der Waals surface area contributed by atoms with Gasteiger partial charge in [-0.2, -0.15) is 8.78 Å². The quantitative estimate of drug-likeness (QED) is 0.281. The van der Waals surface area contributed by atoms with Gasteiger partial charge in [0, 0.05) is 25.8 Å². The zero-order chi connectivity index (χ0) is 16.4. The van der Waals surface area contributed by atoms with Crippen molar-refractivity contribution in [3.63, 3.8) is 0 Å². The molecular weight excluding hydrogens is 419 g/mol. The molecular formula is C15H24F2IN3O2. The predicted octanol–water partition coefficient (Wildman–Crippen LogP) is 2.92. The lowest BCUT2D eigenvalue weighted by atomic mass is 10.1. The van der Waals surface area contributed by atoms with Crippen molar-refractivity contribution < 1.29 is 18.3 Å². The molecule has 0 saturated carbocycles. The van der Waals surface area contributed by atoms with Crippen LogP contribution in [-0.2, 0) is 11.3 Å². The summed E-state index contributed by atoms with van der Waals surface area (Å²) in [7, 11) is 1.62. The van der Waals surface area contributed by atoms with E-state index in [4.69, 9.17) is 4.74 Å². The maximum Gasteiger partial charge on any atom is 0.387 e. The zero-order valence-corrected chi connectivity index (χ0v) is 15.9. The molecule has 5 nitrogen and oxygen atoms in total. The number of benzene rings is 1. The second kappa shape index (κ2) is 12.3. The Bertz CT molecular complexity index is 488. The number of hydrogen-bond acceptors (Lipinski definition) is 3. The fourth-order valence-corrected chi connectivity index (χ4v) is 1.82. The SMILES string of the molecule is CCNC(=NCc1cc(C)ccc1OC(F)F)NCCOC.I. The molecule has 23 heavy (non-hydrogen) atoms. The Balaban J connectivity index is 0.00000484. The number of guanidine groups is 1. The third kappa shape index (κ3) is 8.89. The van der Waals surface area contributed by atoms with E-state index in [1.165, 1.54) is 6.07 Å². The Kier molecular flexibility index (Phi) is 11.7. The molecule has 1 rings (SSSR count). The van der Waals surface area contributed by atoms with Crippen molar-refractivity contribution >= 4 is 29.9 Å². The average Bonchev–Trinajstić information content (AvgIpc) is 2.47. The molecule has 0 heterocycles. The van der Waals surface area contributed by atoms with Gasteiger partial charge in [0.1, 0.15) is 5.75 Å². The summed E-state index contributed by atoms with van der Waals surface area (Å²) >= 11 is 0. The molecule has 0 amide bonds. The first-order valence-corrected chi connectivity index (χ1v) is 7.12. The number of aryl methyl sites for hydroxylation is 1. The van der Waals surface area contributed by atoms with Crippen LogP contribution < -0.4 is 15.4 Å². The van der Waals surface area contributed by atoms with E-state index >= 15 is 0 Å². The lowest BCUT2D eigenvalue weighted by Gasteiger charge is -2.13. The Hall–Kier alpha value is -1.16. The molecule has 0 bridgehead atoms. The molecule has 1 aromatic carbocycles. The van der Waals surface area contributed by atoms with Crippen LogP contribution in [0, 0.1) is 6.92 Å². The summed E-state index contributed by atoms with van der Waals surface area (Å²) in [6.07, 6.45) is 0. The van der Waals surface area contributed by atoms with E-state index in [0.717, 1.165) is 5.56 Å². The number of alkyl halides is 2. The minimum absolute atomic E-state index is 0. The number of nitrogens with zero attached hydrogens (tertiary/aromatic N) is 1. The molecule has 1 aromatic rings. The summed E-state index contributed by atoms with van der Waals surface area (Å²) < 4.78 is 34.4. The minimum Gasteiger partial charge on any atom is -0.434 e. The van der Waals surface area contributed by atoms with E-state index in [-0.39, 0.29) is 36.3 Å². The molecule has 0 fully saturated rings. The highest BCUT2D eigenvalue weighted by Gasteiger charge is 2.10. The Morgan fingerprint density at radius 2 is 2.04 bits per heavy atom. The summed E-state index contributed by atoms with van der Waals surface area (Å²) in [5, 5.41) is 6.17. The van der Waals surface area contributed by atoms with Crippen molar-refractivity contribution in [3.8, 4) is 5.75 Å². The van der Waals surface area contributed by atoms with Gasteiger partial charge < -0.3 is 20.1 Å². The van der Waals surface area contributed by atoms with E-state index in [9.17, 15) is 8.78 Å². The molecule has 0 saturated heterocycles. The van der Waals surface area contributed by atoms with Gasteiger partial charge in [0.25, 0.3) is 0 Å². The van der Waals surface area contributed by atoms with Crippen LogP contribution in [-0.4, -0.2) is 39.4 Å². The van der Waals surface area contributed by atoms with E-state index < -0.39 is 6.61 Å². The predicted molar refractivity (Wildman–Crippen MR) is 97.9 cm³/mol. The number of rotatable bonds is 8. The first-order valence-electron chi connectivity index (χ1n) is 7.12. The van der Waals surface area contributed by atoms with E-state index in [0.29, 0.717) is 31.2 Å². The molecule has 0 unspecified atom stereocenters. The highest BCUT2D eigenvalue weighted by molar-refractivity contribution is 14.0. The lowest BCUT2D eigenvalue weighted by molar-refractivity contribution is -0.0504. The highest BCUT2D eigenvalue weighted by Crippen LogP contribution is 2.22. The molecule has 0 aliphatic carbocycles. The van der Waals surface area contributed by atoms with Gasteiger partial charge in [-0.1, -0.05) is 17.7 Å². The Labute approximate surface area is 152 Å². The molecule has 0 atom stereocenters. The molecule has 0 radical (unpaired) electrons. The summed E-state index contributed by atoms with van der Waals surface area (Å²) in [6.45, 7) is 3.09. The van der Waals surface area contributed by atoms with Crippen molar-refractivity contribution in [2.24, 2.45) is 4.99 Å². The Morgan fingerprint density at radius 1 is 1.30 bits per heavy atom. The number of nitrogens with one attached hydrogen (secondary N) is 2. The largest absolute Gasteiger partial charge is 0.434 e. The van der Waals surface area contributed by atoms with Crippen LogP contribution in [0.5, 0.6) is 5.75 Å². The fraction of sp³-hybridized carbons (Fsp3) is 0.533. The van der Waals surface area contributed by atoms with Crippen molar-refractivity contribution in [1.82, 2.24) is 10.6 Å². The van der Waals surface area contributed by atoms with Crippen molar-refractivity contribution in [1.29, 1.82) is 0 Å². The van der Waals surface area contributed by atoms with Crippen LogP contribution >= 0.6 is 24.0 Å². The summed E-state index contributed by atoms with van der Waals surface area (Å²) in [5.74, 6) is 0.751. The maximum atomic E-state index is 12.4. The third-order valence-electron chi connectivity index (χ3n) is 2.78. The number of hydrogen-bond donors (Lipinski definition) is 2. The fourth-order valence-electron chi connectivity index (χ4n) is 1.82. The molecule has 132 valence electrons. The van der Waals surface area contributed by atoms with Gasteiger partial charge in [0.05, 0.1) is 13.2 Å². The summed E-state index contributed by atoms with van der Waals surface area (Å²) in [4.78, 5) is 4.38. The molecule has 0 aliphatic rings. The van der Waals surface area contributed by atoms with Crippen LogP contribution in [0.4, 0.5) is 8.78 Å². The molecule has 8 heteroatoms. The standard InChI is InChI=1S/C15H23F2N3O2.HI/c1-4-18-15(19-7-8-21-3)20-10-12-9-11(2)5-6-13(12)22-14(16)17;/h5-6,9,14H,4,7-8,10H2,1-3H3,(H2,18,19,20);1H. The van der Waals surface area contributed by atoms with Crippen molar-refractivity contribution in [3.05, 3.63) is 29.3 Å². The molecule has 2 N–H and O–H groups in total. The average molecular weight is 443 g/mol. The van der Waals surface area contributed by atoms with Crippen molar-refractivity contribution in [2.75, 3.05) is 26.8 Å². The number of halogens is 3. The van der Waals surface area contributed by atoms with Gasteiger partial charge in [-0.3, -0.25) is 0 Å². The molecule has 0 aliphatic heterocycles. The van der Waals surface area contributed by atoms with Crippen LogP contribution in [0.15, 0.2) is 23.2 Å². The summed E-state index contributed by atoms with van der Waals surface area (Å²) in [6, 6.07) is 5.06. The Morgan fingerprint density at radius 3 is 2.65 bits per heavy atom. The van der Waals surface area contributed by atoms with Gasteiger partial charge in [-0.25, -0.2) is 4.99 Å². The normalized spacial score (nSPS) is 11.1. The van der Waals surface area contributed by atoms with Gasteiger partial charge in [-0.15, -0.1) is 24.0 Å². The van der Waals surface area contributed by atoms with E-state index in [1.54, 1.807) is 19.2 Å². The van der Waals surface area contributed by atoms with Gasteiger partial charge in [-0.05, 0) is 19.9 Å². The van der Waals surface area contributed by atoms with Gasteiger partial charge in [0.2, 0.25) is 0 Å². The first kappa shape index (κ1) is 21.8. The van der Waals surface area contributed by atoms with Crippen molar-refractivity contribution in [2.45, 2.75) is 27.0 Å². The van der Waals surface area contributed by atoms with Gasteiger partial charge in [0.15, 0.2) is 5.96 Å². The van der Waals surface area contributed by atoms with E-state index in [2.05, 4.69) is 20.4 Å². The number of aliphatic imine (C=N–C) groups is 1. The number of ether oxygens (including phenoxy) is 2. The smallest absolute Gasteiger partial charge is 0.387 e. The van der Waals surface area contributed by atoms with Crippen LogP contribution in [0.1, 0.15) is 18.1 Å². The zero-order valence-electron chi connectivity index (χ0n) is 13.6. The minimum atomic E-state index is -2.85. The van der Waals surface area contributed by atoms with Crippen LogP contribution in [0.25, 0.3) is 0 Å². The lowest BCUT2D eigenvalue weighted by Crippen LogP contribution is -2.38. The second-order valence-corrected chi connectivity index (χ2v) is 4.60. The monoisotopic (exact) mass is 443 g/mol. The van der Waals surface area contributed by atoms with Gasteiger partial charge >= 0.3 is 6.61 Å². The number of methoxy groups -OCH3 is 1.